The molecule has 188 valence electrons. The van der Waals surface area contributed by atoms with Gasteiger partial charge in [-0.05, 0) is 36.2 Å². The van der Waals surface area contributed by atoms with Crippen LogP contribution in [0, 0.1) is 0 Å². The maximum atomic E-state index is 13.4. The average molecular weight is 517 g/mol. The number of ether oxygens (including phenoxy) is 3. The van der Waals surface area contributed by atoms with Gasteiger partial charge >= 0.3 is 5.97 Å². The summed E-state index contributed by atoms with van der Waals surface area (Å²) in [7, 11) is 1.57. The normalized spacial score (nSPS) is 14.5. The smallest absolute Gasteiger partial charge is 0.338 e. The van der Waals surface area contributed by atoms with Crippen LogP contribution in [0.2, 0.25) is 5.02 Å². The van der Waals surface area contributed by atoms with Gasteiger partial charge in [-0.25, -0.2) is 9.48 Å². The van der Waals surface area contributed by atoms with E-state index in [4.69, 9.17) is 25.8 Å². The molecular formula is C28H25ClN4O4. The molecule has 8 nitrogen and oxygen atoms in total. The molecule has 1 aromatic heterocycles. The summed E-state index contributed by atoms with van der Waals surface area (Å²) in [5, 5.41) is 8.31. The second kappa shape index (κ2) is 10.8. The molecular weight excluding hydrogens is 492 g/mol. The summed E-state index contributed by atoms with van der Waals surface area (Å²) in [6, 6.07) is 22.0. The van der Waals surface area contributed by atoms with Crippen LogP contribution in [0.25, 0.3) is 5.70 Å². The zero-order valence-corrected chi connectivity index (χ0v) is 21.1. The van der Waals surface area contributed by atoms with Crippen LogP contribution < -0.4 is 14.8 Å². The quantitative estimate of drug-likeness (QED) is 0.309. The second-order valence-corrected chi connectivity index (χ2v) is 8.63. The summed E-state index contributed by atoms with van der Waals surface area (Å²) < 4.78 is 18.9. The molecule has 1 aliphatic rings. The number of halogens is 1. The van der Waals surface area contributed by atoms with Crippen molar-refractivity contribution in [3.8, 4) is 11.5 Å². The molecule has 0 spiro atoms. The van der Waals surface area contributed by atoms with E-state index in [1.54, 1.807) is 18.7 Å². The van der Waals surface area contributed by atoms with Gasteiger partial charge in [-0.1, -0.05) is 66.2 Å². The number of carbonyl (C=O) groups excluding carboxylic acids is 1. The maximum Gasteiger partial charge on any atom is 0.338 e. The Balaban J connectivity index is 1.58. The molecule has 0 saturated heterocycles. The number of nitrogens with zero attached hydrogens (tertiary/aromatic N) is 3. The molecule has 0 aliphatic carbocycles. The Morgan fingerprint density at radius 2 is 1.84 bits per heavy atom. The monoisotopic (exact) mass is 516 g/mol. The highest BCUT2D eigenvalue weighted by molar-refractivity contribution is 6.31. The van der Waals surface area contributed by atoms with E-state index in [0.29, 0.717) is 33.7 Å². The first kappa shape index (κ1) is 24.4. The highest BCUT2D eigenvalue weighted by atomic mass is 35.5. The van der Waals surface area contributed by atoms with Crippen molar-refractivity contribution in [3.63, 3.8) is 0 Å². The third-order valence-corrected chi connectivity index (χ3v) is 6.37. The first-order valence-electron chi connectivity index (χ1n) is 11.8. The fourth-order valence-corrected chi connectivity index (χ4v) is 4.46. The number of aromatic nitrogens is 3. The minimum Gasteiger partial charge on any atom is -0.493 e. The predicted molar refractivity (Wildman–Crippen MR) is 141 cm³/mol. The van der Waals surface area contributed by atoms with Gasteiger partial charge in [0.1, 0.15) is 19.0 Å². The lowest BCUT2D eigenvalue weighted by atomic mass is 9.92. The van der Waals surface area contributed by atoms with E-state index < -0.39 is 12.0 Å². The van der Waals surface area contributed by atoms with E-state index in [2.05, 4.69) is 15.4 Å². The van der Waals surface area contributed by atoms with Crippen LogP contribution in [0.3, 0.4) is 0 Å². The third kappa shape index (κ3) is 4.88. The van der Waals surface area contributed by atoms with Crippen LogP contribution >= 0.6 is 11.6 Å². The molecule has 9 heteroatoms. The summed E-state index contributed by atoms with van der Waals surface area (Å²) >= 11 is 6.28. The van der Waals surface area contributed by atoms with Crippen LogP contribution in [0.5, 0.6) is 11.5 Å². The Kier molecular flexibility index (Phi) is 7.09. The number of fused-ring (bicyclic) bond motifs is 1. The lowest BCUT2D eigenvalue weighted by molar-refractivity contribution is -0.138. The topological polar surface area (TPSA) is 87.5 Å². The number of methoxy groups -OCH3 is 1. The first-order valence-corrected chi connectivity index (χ1v) is 12.2. The second-order valence-electron chi connectivity index (χ2n) is 8.22. The summed E-state index contributed by atoms with van der Waals surface area (Å²) in [4.78, 5) is 17.7. The minimum absolute atomic E-state index is 0.236. The first-order chi connectivity index (χ1) is 18.1. The molecule has 1 N–H and O–H groups in total. The van der Waals surface area contributed by atoms with Crippen molar-refractivity contribution >= 4 is 29.2 Å². The summed E-state index contributed by atoms with van der Waals surface area (Å²) in [5.74, 6) is 1.12. The highest BCUT2D eigenvalue weighted by Crippen LogP contribution is 2.41. The number of benzene rings is 3. The van der Waals surface area contributed by atoms with Gasteiger partial charge in [0.2, 0.25) is 5.95 Å². The van der Waals surface area contributed by atoms with Gasteiger partial charge in [-0.15, -0.1) is 0 Å². The van der Waals surface area contributed by atoms with Gasteiger partial charge in [0.15, 0.2) is 11.5 Å². The average Bonchev–Trinajstić information content (AvgIpc) is 3.41. The van der Waals surface area contributed by atoms with Crippen LogP contribution in [0.1, 0.15) is 29.7 Å². The van der Waals surface area contributed by atoms with E-state index in [0.717, 1.165) is 16.7 Å². The number of rotatable bonds is 8. The van der Waals surface area contributed by atoms with E-state index >= 15 is 0 Å². The molecule has 0 radical (unpaired) electrons. The van der Waals surface area contributed by atoms with Gasteiger partial charge in [-0.2, -0.15) is 10.1 Å². The highest BCUT2D eigenvalue weighted by Gasteiger charge is 2.36. The fraction of sp³-hybridized carbons (Fsp3) is 0.179. The standard InChI is InChI=1S/C28H25ClN4O4/c1-3-36-27(34)24-25(18-9-5-4-6-10-18)32-28-30-17-31-33(28)26(24)19-13-14-22(23(15-19)35-2)37-16-20-11-7-8-12-21(20)29/h4-15,17,26H,3,16H2,1-2H3,(H,30,31,32)/t26-/m0/s1. The van der Waals surface area contributed by atoms with E-state index in [9.17, 15) is 4.79 Å². The van der Waals surface area contributed by atoms with Crippen molar-refractivity contribution in [2.24, 2.45) is 0 Å². The zero-order chi connectivity index (χ0) is 25.8. The Morgan fingerprint density at radius 1 is 1.05 bits per heavy atom. The summed E-state index contributed by atoms with van der Waals surface area (Å²) in [6.45, 7) is 2.29. The number of hydrogen-bond acceptors (Lipinski definition) is 7. The molecule has 0 unspecified atom stereocenters. The van der Waals surface area contributed by atoms with Crippen LogP contribution in [-0.2, 0) is 16.1 Å². The molecule has 0 bridgehead atoms. The molecule has 3 aromatic carbocycles. The molecule has 0 saturated carbocycles. The number of anilines is 1. The molecule has 37 heavy (non-hydrogen) atoms. The van der Waals surface area contributed by atoms with Gasteiger partial charge in [0, 0.05) is 10.6 Å². The third-order valence-electron chi connectivity index (χ3n) is 6.00. The lowest BCUT2D eigenvalue weighted by Gasteiger charge is -2.30. The molecule has 1 aliphatic heterocycles. The number of carbonyl (C=O) groups is 1. The number of nitrogens with one attached hydrogen (secondary N) is 1. The van der Waals surface area contributed by atoms with Gasteiger partial charge in [0.05, 0.1) is 25.0 Å². The maximum absolute atomic E-state index is 13.4. The Labute approximate surface area is 219 Å². The van der Waals surface area contributed by atoms with Crippen molar-refractivity contribution in [3.05, 3.63) is 106 Å². The van der Waals surface area contributed by atoms with Crippen LogP contribution in [0.4, 0.5) is 5.95 Å². The summed E-state index contributed by atoms with van der Waals surface area (Å²) in [6.07, 6.45) is 1.45. The molecule has 5 rings (SSSR count). The fourth-order valence-electron chi connectivity index (χ4n) is 4.27. The van der Waals surface area contributed by atoms with E-state index in [1.165, 1.54) is 6.33 Å². The molecule has 0 fully saturated rings. The van der Waals surface area contributed by atoms with Crippen molar-refractivity contribution < 1.29 is 19.0 Å². The largest absolute Gasteiger partial charge is 0.493 e. The zero-order valence-electron chi connectivity index (χ0n) is 20.3. The van der Waals surface area contributed by atoms with Crippen LogP contribution in [0.15, 0.2) is 84.7 Å². The number of hydrogen-bond donors (Lipinski definition) is 1. The predicted octanol–water partition coefficient (Wildman–Crippen LogP) is 5.51. The van der Waals surface area contributed by atoms with Crippen molar-refractivity contribution in [1.29, 1.82) is 0 Å². The SMILES string of the molecule is CCOC(=O)C1=C(c2ccccc2)Nc2ncnn2[C@H]1c1ccc(OCc2ccccc2Cl)c(OC)c1. The van der Waals surface area contributed by atoms with E-state index in [1.807, 2.05) is 72.8 Å². The molecule has 2 heterocycles. The Morgan fingerprint density at radius 3 is 2.59 bits per heavy atom. The Hall–Kier alpha value is -4.30. The molecule has 4 aromatic rings. The van der Waals surface area contributed by atoms with Gasteiger partial charge < -0.3 is 19.5 Å². The molecule has 1 atom stereocenters. The van der Waals surface area contributed by atoms with Crippen molar-refractivity contribution in [2.75, 3.05) is 19.0 Å². The lowest BCUT2D eigenvalue weighted by Crippen LogP contribution is -2.30. The van der Waals surface area contributed by atoms with Crippen LogP contribution in [-0.4, -0.2) is 34.5 Å². The van der Waals surface area contributed by atoms with Crippen molar-refractivity contribution in [2.45, 2.75) is 19.6 Å². The summed E-state index contributed by atoms with van der Waals surface area (Å²) in [5.41, 5.74) is 3.48. The van der Waals surface area contributed by atoms with E-state index in [-0.39, 0.29) is 13.2 Å². The number of esters is 1. The van der Waals surface area contributed by atoms with Gasteiger partial charge in [-0.3, -0.25) is 0 Å². The minimum atomic E-state index is -0.612. The molecule has 0 amide bonds. The van der Waals surface area contributed by atoms with Gasteiger partial charge in [0.25, 0.3) is 0 Å². The van der Waals surface area contributed by atoms with Crippen molar-refractivity contribution in [1.82, 2.24) is 14.8 Å². The Bertz CT molecular complexity index is 1450.